The zero-order valence-electron chi connectivity index (χ0n) is 22.1. The third-order valence-corrected chi connectivity index (χ3v) is 8.91. The van der Waals surface area contributed by atoms with Crippen LogP contribution in [0.1, 0.15) is 63.9 Å². The molecule has 0 N–H and O–H groups in total. The maximum atomic E-state index is 5.47. The molecule has 0 radical (unpaired) electrons. The summed E-state index contributed by atoms with van der Waals surface area (Å²) in [6.07, 6.45) is 10.1. The average Bonchev–Trinajstić information content (AvgIpc) is 3.45. The minimum Gasteiger partial charge on any atom is -0.493 e. The third kappa shape index (κ3) is 4.26. The van der Waals surface area contributed by atoms with E-state index < -0.39 is 0 Å². The Morgan fingerprint density at radius 1 is 0.861 bits per heavy atom. The molecular formula is C29H39N5O2. The Labute approximate surface area is 214 Å². The van der Waals surface area contributed by atoms with E-state index in [9.17, 15) is 0 Å². The van der Waals surface area contributed by atoms with Crippen molar-refractivity contribution in [1.29, 1.82) is 0 Å². The van der Waals surface area contributed by atoms with Crippen molar-refractivity contribution in [2.24, 2.45) is 0 Å². The number of pyridine rings is 1. The van der Waals surface area contributed by atoms with E-state index in [1.807, 2.05) is 22.7 Å². The van der Waals surface area contributed by atoms with Crippen LogP contribution < -0.4 is 9.47 Å². The lowest BCUT2D eigenvalue weighted by atomic mass is 9.84. The average molecular weight is 490 g/mol. The second-order valence-electron chi connectivity index (χ2n) is 11.1. The van der Waals surface area contributed by atoms with Crippen LogP contribution in [0.4, 0.5) is 0 Å². The number of fused-ring (bicyclic) bond motifs is 3. The molecule has 3 aliphatic heterocycles. The van der Waals surface area contributed by atoms with E-state index in [2.05, 4.69) is 42.0 Å². The van der Waals surface area contributed by atoms with E-state index in [-0.39, 0.29) is 0 Å². The first-order chi connectivity index (χ1) is 17.5. The molecule has 0 aliphatic carbocycles. The fourth-order valence-electron chi connectivity index (χ4n) is 7.02. The summed E-state index contributed by atoms with van der Waals surface area (Å²) in [7, 11) is 3.30. The quantitative estimate of drug-likeness (QED) is 0.486. The summed E-state index contributed by atoms with van der Waals surface area (Å²) >= 11 is 0. The lowest BCUT2D eigenvalue weighted by Crippen LogP contribution is -2.53. The summed E-state index contributed by atoms with van der Waals surface area (Å²) in [6.45, 7) is 7.18. The van der Waals surface area contributed by atoms with E-state index in [1.165, 1.54) is 57.2 Å². The monoisotopic (exact) mass is 489 g/mol. The largest absolute Gasteiger partial charge is 0.493 e. The molecule has 6 rings (SSSR count). The summed E-state index contributed by atoms with van der Waals surface area (Å²) in [5, 5.41) is 4.83. The highest BCUT2D eigenvalue weighted by Gasteiger charge is 2.44. The van der Waals surface area contributed by atoms with Gasteiger partial charge in [-0.1, -0.05) is 6.07 Å². The molecule has 7 heteroatoms. The molecule has 2 bridgehead atoms. The molecule has 3 aliphatic rings. The topological polar surface area (TPSA) is 55.1 Å². The van der Waals surface area contributed by atoms with Crippen molar-refractivity contribution in [1.82, 2.24) is 24.4 Å². The summed E-state index contributed by atoms with van der Waals surface area (Å²) < 4.78 is 12.8. The van der Waals surface area contributed by atoms with Crippen molar-refractivity contribution in [2.45, 2.75) is 82.5 Å². The van der Waals surface area contributed by atoms with Crippen LogP contribution in [0.25, 0.3) is 17.0 Å². The van der Waals surface area contributed by atoms with E-state index >= 15 is 0 Å². The minimum absolute atomic E-state index is 0.604. The molecule has 2 aromatic heterocycles. The summed E-state index contributed by atoms with van der Waals surface area (Å²) in [5.41, 5.74) is 3.20. The van der Waals surface area contributed by atoms with Crippen LogP contribution >= 0.6 is 0 Å². The van der Waals surface area contributed by atoms with Crippen LogP contribution in [0, 0.1) is 0 Å². The van der Waals surface area contributed by atoms with Gasteiger partial charge in [0.25, 0.3) is 0 Å². The summed E-state index contributed by atoms with van der Waals surface area (Å²) in [5.74, 6) is 2.70. The second kappa shape index (κ2) is 9.67. The van der Waals surface area contributed by atoms with Gasteiger partial charge in [-0.25, -0.2) is 9.50 Å². The van der Waals surface area contributed by atoms with Crippen LogP contribution in [0.3, 0.4) is 0 Å². The van der Waals surface area contributed by atoms with Gasteiger partial charge in [-0.15, -0.1) is 5.10 Å². The van der Waals surface area contributed by atoms with Gasteiger partial charge < -0.3 is 14.4 Å². The molecule has 5 heterocycles. The van der Waals surface area contributed by atoms with Crippen molar-refractivity contribution in [3.63, 3.8) is 0 Å². The highest BCUT2D eigenvalue weighted by atomic mass is 16.5. The normalized spacial score (nSPS) is 25.6. The van der Waals surface area contributed by atoms with E-state index in [0.29, 0.717) is 29.3 Å². The molecule has 3 aromatic rings. The minimum atomic E-state index is 0.604. The Morgan fingerprint density at radius 2 is 1.58 bits per heavy atom. The SMILES string of the molecule is COc1ccc(-c2nc3ccc(C4CC5CCC(C4)N5C4CCN(C(C)C)CC4)cn3n2)cc1OC. The number of piperidine rings is 2. The standard InChI is InChI=1S/C29H39N5O2/c1-19(2)32-13-11-23(12-14-32)34-24-7-8-25(34)16-22(15-24)21-6-10-28-30-29(31-33(28)18-21)20-5-9-26(35-3)27(17-20)36-4/h5-6,9-10,17-19,22-25H,7-8,11-16H2,1-4H3. The van der Waals surface area contributed by atoms with Crippen molar-refractivity contribution >= 4 is 5.65 Å². The highest BCUT2D eigenvalue weighted by molar-refractivity contribution is 5.63. The summed E-state index contributed by atoms with van der Waals surface area (Å²) in [6, 6.07) is 13.2. The number of likely N-dealkylation sites (tertiary alicyclic amines) is 1. The number of aromatic nitrogens is 3. The van der Waals surface area contributed by atoms with Gasteiger partial charge in [0.15, 0.2) is 23.0 Å². The fourth-order valence-corrected chi connectivity index (χ4v) is 7.02. The van der Waals surface area contributed by atoms with E-state index in [4.69, 9.17) is 19.6 Å². The van der Waals surface area contributed by atoms with Gasteiger partial charge in [0.05, 0.1) is 14.2 Å². The molecule has 36 heavy (non-hydrogen) atoms. The van der Waals surface area contributed by atoms with Crippen molar-refractivity contribution in [3.8, 4) is 22.9 Å². The first-order valence-corrected chi connectivity index (χ1v) is 13.6. The second-order valence-corrected chi connectivity index (χ2v) is 11.1. The maximum Gasteiger partial charge on any atom is 0.182 e. The van der Waals surface area contributed by atoms with Gasteiger partial charge in [0, 0.05) is 35.9 Å². The Morgan fingerprint density at radius 3 is 2.25 bits per heavy atom. The van der Waals surface area contributed by atoms with Crippen LogP contribution in [-0.2, 0) is 0 Å². The van der Waals surface area contributed by atoms with Crippen LogP contribution in [-0.4, -0.2) is 75.9 Å². The molecule has 3 fully saturated rings. The maximum absolute atomic E-state index is 5.47. The van der Waals surface area contributed by atoms with Crippen molar-refractivity contribution in [3.05, 3.63) is 42.1 Å². The smallest absolute Gasteiger partial charge is 0.182 e. The Kier molecular flexibility index (Phi) is 6.38. The molecule has 7 nitrogen and oxygen atoms in total. The number of methoxy groups -OCH3 is 2. The number of benzene rings is 1. The molecule has 0 spiro atoms. The zero-order valence-corrected chi connectivity index (χ0v) is 22.1. The number of rotatable bonds is 6. The van der Waals surface area contributed by atoms with Crippen LogP contribution in [0.5, 0.6) is 11.5 Å². The van der Waals surface area contributed by atoms with Crippen LogP contribution in [0.2, 0.25) is 0 Å². The van der Waals surface area contributed by atoms with Gasteiger partial charge in [-0.2, -0.15) is 0 Å². The first-order valence-electron chi connectivity index (χ1n) is 13.6. The van der Waals surface area contributed by atoms with Gasteiger partial charge >= 0.3 is 0 Å². The Balaban J connectivity index is 1.18. The summed E-state index contributed by atoms with van der Waals surface area (Å²) in [4.78, 5) is 10.4. The van der Waals surface area contributed by atoms with Crippen molar-refractivity contribution in [2.75, 3.05) is 27.3 Å². The molecule has 0 saturated carbocycles. The predicted octanol–water partition coefficient (Wildman–Crippen LogP) is 5.00. The Bertz CT molecular complexity index is 1200. The lowest BCUT2D eigenvalue weighted by Gasteiger charge is -2.47. The Hall–Kier alpha value is -2.64. The molecule has 2 unspecified atom stereocenters. The van der Waals surface area contributed by atoms with E-state index in [1.54, 1.807) is 14.2 Å². The van der Waals surface area contributed by atoms with E-state index in [0.717, 1.165) is 29.3 Å². The molecule has 2 atom stereocenters. The molecule has 1 aromatic carbocycles. The number of hydrogen-bond acceptors (Lipinski definition) is 6. The molecule has 3 saturated heterocycles. The third-order valence-electron chi connectivity index (χ3n) is 8.91. The number of ether oxygens (including phenoxy) is 2. The molecule has 192 valence electrons. The molecule has 0 amide bonds. The highest BCUT2D eigenvalue weighted by Crippen LogP contribution is 2.45. The van der Waals surface area contributed by atoms with Crippen LogP contribution in [0.15, 0.2) is 36.5 Å². The lowest BCUT2D eigenvalue weighted by molar-refractivity contribution is 0.0311. The van der Waals surface area contributed by atoms with Crippen molar-refractivity contribution < 1.29 is 9.47 Å². The first kappa shape index (κ1) is 23.7. The number of hydrogen-bond donors (Lipinski definition) is 0. The fraction of sp³-hybridized carbons (Fsp3) is 0.586. The van der Waals surface area contributed by atoms with Gasteiger partial charge in [-0.3, -0.25) is 4.90 Å². The number of nitrogens with zero attached hydrogens (tertiary/aromatic N) is 5. The van der Waals surface area contributed by atoms with Gasteiger partial charge in [-0.05, 0) is 101 Å². The predicted molar refractivity (Wildman–Crippen MR) is 142 cm³/mol. The molecular weight excluding hydrogens is 450 g/mol. The zero-order chi connectivity index (χ0) is 24.8. The van der Waals surface area contributed by atoms with Gasteiger partial charge in [0.2, 0.25) is 0 Å². The van der Waals surface area contributed by atoms with Gasteiger partial charge in [0.1, 0.15) is 0 Å².